The van der Waals surface area contributed by atoms with Crippen molar-refractivity contribution in [3.05, 3.63) is 29.3 Å². The maximum absolute atomic E-state index is 11.5. The van der Waals surface area contributed by atoms with Crippen LogP contribution in [0.15, 0.2) is 18.2 Å². The lowest BCUT2D eigenvalue weighted by Crippen LogP contribution is -2.47. The van der Waals surface area contributed by atoms with Crippen molar-refractivity contribution in [1.82, 2.24) is 0 Å². The van der Waals surface area contributed by atoms with E-state index in [4.69, 9.17) is 4.74 Å². The van der Waals surface area contributed by atoms with Crippen molar-refractivity contribution in [3.63, 3.8) is 0 Å². The van der Waals surface area contributed by atoms with Gasteiger partial charge in [-0.3, -0.25) is 0 Å². The molecule has 1 aromatic carbocycles. The molecule has 3 aliphatic carbocycles. The van der Waals surface area contributed by atoms with Gasteiger partial charge in [0.15, 0.2) is 0 Å². The van der Waals surface area contributed by atoms with E-state index in [-0.39, 0.29) is 5.41 Å². The molecule has 0 amide bonds. The van der Waals surface area contributed by atoms with Gasteiger partial charge in [-0.1, -0.05) is 58.4 Å². The zero-order valence-electron chi connectivity index (χ0n) is 19.3. The van der Waals surface area contributed by atoms with E-state index in [9.17, 15) is 10.2 Å². The molecule has 3 aliphatic rings. The van der Waals surface area contributed by atoms with Crippen molar-refractivity contribution in [2.24, 2.45) is 17.3 Å². The van der Waals surface area contributed by atoms with E-state index in [2.05, 4.69) is 32.0 Å². The van der Waals surface area contributed by atoms with Gasteiger partial charge in [-0.15, -0.1) is 0 Å². The number of fused-ring (bicyclic) bond motifs is 5. The molecular weight excluding hydrogens is 372 g/mol. The van der Waals surface area contributed by atoms with Crippen molar-refractivity contribution in [2.75, 3.05) is 7.11 Å². The maximum atomic E-state index is 11.5. The van der Waals surface area contributed by atoms with Gasteiger partial charge in [0.1, 0.15) is 5.75 Å². The molecule has 2 fully saturated rings. The van der Waals surface area contributed by atoms with Crippen LogP contribution in [-0.4, -0.2) is 29.0 Å². The summed E-state index contributed by atoms with van der Waals surface area (Å²) in [6, 6.07) is 6.60. The lowest BCUT2D eigenvalue weighted by molar-refractivity contribution is -0.104. The van der Waals surface area contributed by atoms with E-state index in [1.54, 1.807) is 7.11 Å². The second-order valence-corrected chi connectivity index (χ2v) is 10.8. The molecule has 1 aromatic rings. The van der Waals surface area contributed by atoms with E-state index in [0.717, 1.165) is 44.3 Å². The van der Waals surface area contributed by atoms with Gasteiger partial charge in [0, 0.05) is 0 Å². The first-order chi connectivity index (χ1) is 14.4. The van der Waals surface area contributed by atoms with E-state index in [1.807, 2.05) is 0 Å². The molecule has 6 atom stereocenters. The molecule has 0 radical (unpaired) electrons. The summed E-state index contributed by atoms with van der Waals surface area (Å²) in [7, 11) is 1.74. The number of ether oxygens (including phenoxy) is 1. The zero-order valence-corrected chi connectivity index (χ0v) is 19.3. The molecule has 2 N–H and O–H groups in total. The topological polar surface area (TPSA) is 49.7 Å². The van der Waals surface area contributed by atoms with Crippen LogP contribution in [0.1, 0.15) is 102 Å². The Labute approximate surface area is 183 Å². The highest BCUT2D eigenvalue weighted by atomic mass is 16.5. The summed E-state index contributed by atoms with van der Waals surface area (Å²) in [5.41, 5.74) is 1.91. The number of methoxy groups -OCH3 is 1. The smallest absolute Gasteiger partial charge is 0.119 e. The SMILES string of the molecule is CCCCCCCC[C@@]1(O)C[C@@H]2[C@@H]3CCc4cc(OC)ccc4[C@@H]3CC[C@]2(C)[C@@H]1O. The standard InChI is InChI=1S/C27H42O3/c1-4-5-6-7-8-9-15-27(29)18-24-23-12-10-19-17-20(30-3)11-13-21(19)22(23)14-16-26(24,2)25(27)28/h11,13,17,22-25,28-29H,4-10,12,14-16,18H2,1-3H3/t22-,23+,24+,25-,26-,27+/m0/s1. The third kappa shape index (κ3) is 3.81. The highest BCUT2D eigenvalue weighted by molar-refractivity contribution is 5.41. The Balaban J connectivity index is 1.47. The third-order valence-corrected chi connectivity index (χ3v) is 9.04. The number of aliphatic hydroxyl groups is 2. The van der Waals surface area contributed by atoms with Crippen LogP contribution in [0.4, 0.5) is 0 Å². The molecule has 3 heteroatoms. The van der Waals surface area contributed by atoms with Crippen molar-refractivity contribution in [3.8, 4) is 5.75 Å². The quantitative estimate of drug-likeness (QED) is 0.513. The summed E-state index contributed by atoms with van der Waals surface area (Å²) in [4.78, 5) is 0. The Morgan fingerprint density at radius 3 is 2.63 bits per heavy atom. The first kappa shape index (κ1) is 22.1. The molecular formula is C27H42O3. The lowest BCUT2D eigenvalue weighted by atomic mass is 9.55. The van der Waals surface area contributed by atoms with Gasteiger partial charge in [-0.2, -0.15) is 0 Å². The van der Waals surface area contributed by atoms with Gasteiger partial charge in [0.25, 0.3) is 0 Å². The van der Waals surface area contributed by atoms with Crippen LogP contribution in [0.5, 0.6) is 5.75 Å². The molecule has 0 bridgehead atoms. The van der Waals surface area contributed by atoms with Gasteiger partial charge in [0.2, 0.25) is 0 Å². The van der Waals surface area contributed by atoms with Gasteiger partial charge in [0.05, 0.1) is 18.8 Å². The van der Waals surface area contributed by atoms with Crippen LogP contribution in [0.25, 0.3) is 0 Å². The van der Waals surface area contributed by atoms with E-state index in [1.165, 1.54) is 49.7 Å². The Bertz CT molecular complexity index is 731. The number of hydrogen-bond donors (Lipinski definition) is 2. The maximum Gasteiger partial charge on any atom is 0.119 e. The lowest BCUT2D eigenvalue weighted by Gasteiger charge is -2.50. The molecule has 0 heterocycles. The molecule has 0 aliphatic heterocycles. The van der Waals surface area contributed by atoms with Gasteiger partial charge in [-0.05, 0) is 85.0 Å². The Morgan fingerprint density at radius 2 is 1.87 bits per heavy atom. The number of hydrogen-bond acceptors (Lipinski definition) is 3. The molecule has 0 unspecified atom stereocenters. The van der Waals surface area contributed by atoms with Crippen molar-refractivity contribution >= 4 is 0 Å². The summed E-state index contributed by atoms with van der Waals surface area (Å²) < 4.78 is 5.45. The average Bonchev–Trinajstić information content (AvgIpc) is 2.96. The molecule has 4 rings (SSSR count). The fraction of sp³-hybridized carbons (Fsp3) is 0.778. The summed E-state index contributed by atoms with van der Waals surface area (Å²) in [6.07, 6.45) is 12.7. The van der Waals surface area contributed by atoms with Crippen LogP contribution in [-0.2, 0) is 6.42 Å². The van der Waals surface area contributed by atoms with Crippen molar-refractivity contribution < 1.29 is 14.9 Å². The van der Waals surface area contributed by atoms with E-state index >= 15 is 0 Å². The first-order valence-electron chi connectivity index (χ1n) is 12.5. The number of benzene rings is 1. The van der Waals surface area contributed by atoms with Gasteiger partial charge >= 0.3 is 0 Å². The molecule has 0 aromatic heterocycles. The van der Waals surface area contributed by atoms with Crippen molar-refractivity contribution in [1.29, 1.82) is 0 Å². The van der Waals surface area contributed by atoms with E-state index in [0.29, 0.717) is 17.8 Å². The van der Waals surface area contributed by atoms with Crippen LogP contribution >= 0.6 is 0 Å². The summed E-state index contributed by atoms with van der Waals surface area (Å²) in [5.74, 6) is 2.53. The minimum Gasteiger partial charge on any atom is -0.497 e. The fourth-order valence-corrected chi connectivity index (χ4v) is 7.31. The minimum absolute atomic E-state index is 0.137. The van der Waals surface area contributed by atoms with Gasteiger partial charge < -0.3 is 14.9 Å². The van der Waals surface area contributed by atoms with Crippen LogP contribution in [0, 0.1) is 17.3 Å². The number of unbranched alkanes of at least 4 members (excludes halogenated alkanes) is 5. The minimum atomic E-state index is -0.890. The predicted molar refractivity (Wildman–Crippen MR) is 122 cm³/mol. The molecule has 0 spiro atoms. The van der Waals surface area contributed by atoms with Crippen LogP contribution < -0.4 is 4.74 Å². The summed E-state index contributed by atoms with van der Waals surface area (Å²) >= 11 is 0. The highest BCUT2D eigenvalue weighted by Gasteiger charge is 2.63. The number of aryl methyl sites for hydroxylation is 1. The second-order valence-electron chi connectivity index (χ2n) is 10.8. The predicted octanol–water partition coefficient (Wildman–Crippen LogP) is 6.00. The van der Waals surface area contributed by atoms with E-state index < -0.39 is 11.7 Å². The number of aliphatic hydroxyl groups excluding tert-OH is 1. The summed E-state index contributed by atoms with van der Waals surface area (Å²) in [5, 5.41) is 22.9. The Morgan fingerprint density at radius 1 is 1.10 bits per heavy atom. The summed E-state index contributed by atoms with van der Waals surface area (Å²) in [6.45, 7) is 4.51. The van der Waals surface area contributed by atoms with Crippen LogP contribution in [0.3, 0.4) is 0 Å². The van der Waals surface area contributed by atoms with Crippen LogP contribution in [0.2, 0.25) is 0 Å². The number of rotatable bonds is 8. The molecule has 168 valence electrons. The Kier molecular flexibility index (Phi) is 6.51. The monoisotopic (exact) mass is 414 g/mol. The molecule has 2 saturated carbocycles. The second kappa shape index (κ2) is 8.82. The highest BCUT2D eigenvalue weighted by Crippen LogP contribution is 2.63. The largest absolute Gasteiger partial charge is 0.497 e. The average molecular weight is 415 g/mol. The molecule has 0 saturated heterocycles. The Hall–Kier alpha value is -1.06. The normalized spacial score (nSPS) is 37.4. The zero-order chi connectivity index (χ0) is 21.4. The first-order valence-corrected chi connectivity index (χ1v) is 12.5. The van der Waals surface area contributed by atoms with Crippen molar-refractivity contribution in [2.45, 2.75) is 109 Å². The third-order valence-electron chi connectivity index (χ3n) is 9.04. The molecule has 3 nitrogen and oxygen atoms in total. The fourth-order valence-electron chi connectivity index (χ4n) is 7.31. The van der Waals surface area contributed by atoms with Gasteiger partial charge in [-0.25, -0.2) is 0 Å². The molecule has 30 heavy (non-hydrogen) atoms.